The zero-order valence-electron chi connectivity index (χ0n) is 28.5. The molecule has 0 amide bonds. The summed E-state index contributed by atoms with van der Waals surface area (Å²) in [6.07, 6.45) is 0. The van der Waals surface area contributed by atoms with Crippen molar-refractivity contribution >= 4 is 17.1 Å². The van der Waals surface area contributed by atoms with E-state index in [9.17, 15) is 0 Å². The summed E-state index contributed by atoms with van der Waals surface area (Å²) in [4.78, 5) is 2.51. The minimum absolute atomic E-state index is 0.108. The van der Waals surface area contributed by atoms with Crippen molar-refractivity contribution in [2.75, 3.05) is 4.90 Å². The van der Waals surface area contributed by atoms with Crippen molar-refractivity contribution in [2.45, 2.75) is 38.5 Å². The van der Waals surface area contributed by atoms with Crippen LogP contribution in [-0.4, -0.2) is 0 Å². The Morgan fingerprint density at radius 3 is 1.31 bits per heavy atom. The van der Waals surface area contributed by atoms with Crippen molar-refractivity contribution in [3.63, 3.8) is 0 Å². The van der Waals surface area contributed by atoms with Crippen LogP contribution in [0.25, 0.3) is 44.5 Å². The van der Waals surface area contributed by atoms with Crippen molar-refractivity contribution in [3.8, 4) is 44.5 Å². The van der Waals surface area contributed by atoms with Gasteiger partial charge < -0.3 is 4.90 Å². The summed E-state index contributed by atoms with van der Waals surface area (Å²) in [6, 6.07) is 60.5. The Bertz CT molecular complexity index is 2270. The van der Waals surface area contributed by atoms with Gasteiger partial charge in [-0.3, -0.25) is 0 Å². The molecule has 0 atom stereocenters. The lowest BCUT2D eigenvalue weighted by atomic mass is 9.82. The zero-order valence-corrected chi connectivity index (χ0v) is 28.5. The third kappa shape index (κ3) is 4.46. The Morgan fingerprint density at radius 2 is 0.776 bits per heavy atom. The first-order valence-corrected chi connectivity index (χ1v) is 17.4. The van der Waals surface area contributed by atoms with Crippen molar-refractivity contribution in [1.29, 1.82) is 0 Å². The van der Waals surface area contributed by atoms with Crippen LogP contribution in [0, 0.1) is 0 Å². The predicted octanol–water partition coefficient (Wildman–Crippen LogP) is 13.1. The SMILES string of the molecule is CC1(C)c2ccccc2-c2ccc(N(c3ccc4c(c3)C(C)(C)c3ccccc3-4)c3cccc(-c4ccccc4)c3-c3ccccc3)cc21. The lowest BCUT2D eigenvalue weighted by Gasteiger charge is -2.32. The summed E-state index contributed by atoms with van der Waals surface area (Å²) >= 11 is 0. The second kappa shape index (κ2) is 10.9. The number of hydrogen-bond acceptors (Lipinski definition) is 1. The molecule has 7 aromatic rings. The Morgan fingerprint density at radius 1 is 0.347 bits per heavy atom. The molecule has 1 nitrogen and oxygen atoms in total. The summed E-state index contributed by atoms with van der Waals surface area (Å²) < 4.78 is 0. The lowest BCUT2D eigenvalue weighted by molar-refractivity contribution is 0.660. The molecule has 7 aromatic carbocycles. The molecule has 0 radical (unpaired) electrons. The van der Waals surface area contributed by atoms with Crippen LogP contribution in [0.2, 0.25) is 0 Å². The fourth-order valence-electron chi connectivity index (χ4n) is 8.58. The van der Waals surface area contributed by atoms with Gasteiger partial charge in [0.15, 0.2) is 0 Å². The number of fused-ring (bicyclic) bond motifs is 6. The first-order chi connectivity index (χ1) is 23.8. The van der Waals surface area contributed by atoms with Gasteiger partial charge in [-0.15, -0.1) is 0 Å². The summed E-state index contributed by atoms with van der Waals surface area (Å²) in [5.41, 5.74) is 19.0. The van der Waals surface area contributed by atoms with Gasteiger partial charge >= 0.3 is 0 Å². The summed E-state index contributed by atoms with van der Waals surface area (Å²) in [7, 11) is 0. The molecule has 0 spiro atoms. The smallest absolute Gasteiger partial charge is 0.0546 e. The fraction of sp³-hybridized carbons (Fsp3) is 0.125. The van der Waals surface area contributed by atoms with Gasteiger partial charge in [-0.05, 0) is 91.5 Å². The van der Waals surface area contributed by atoms with E-state index in [0.717, 1.165) is 17.1 Å². The second-order valence-corrected chi connectivity index (χ2v) is 14.6. The van der Waals surface area contributed by atoms with Crippen LogP contribution in [0.3, 0.4) is 0 Å². The average Bonchev–Trinajstić information content (AvgIpc) is 3.51. The molecule has 0 heterocycles. The zero-order chi connectivity index (χ0) is 33.3. The highest BCUT2D eigenvalue weighted by Gasteiger charge is 2.38. The van der Waals surface area contributed by atoms with Crippen molar-refractivity contribution < 1.29 is 0 Å². The highest BCUT2D eigenvalue weighted by Crippen LogP contribution is 2.54. The maximum Gasteiger partial charge on any atom is 0.0546 e. The van der Waals surface area contributed by atoms with E-state index in [4.69, 9.17) is 0 Å². The molecular formula is C48H39N. The number of hydrogen-bond donors (Lipinski definition) is 0. The third-order valence-corrected chi connectivity index (χ3v) is 11.1. The van der Waals surface area contributed by atoms with Crippen LogP contribution in [0.4, 0.5) is 17.1 Å². The molecule has 236 valence electrons. The van der Waals surface area contributed by atoms with E-state index in [1.54, 1.807) is 0 Å². The summed E-state index contributed by atoms with van der Waals surface area (Å²) in [5.74, 6) is 0. The molecule has 0 aromatic heterocycles. The maximum atomic E-state index is 2.51. The first-order valence-electron chi connectivity index (χ1n) is 17.4. The van der Waals surface area contributed by atoms with Gasteiger partial charge in [0.05, 0.1) is 5.69 Å². The van der Waals surface area contributed by atoms with Gasteiger partial charge in [0.2, 0.25) is 0 Å². The van der Waals surface area contributed by atoms with Crippen LogP contribution < -0.4 is 4.90 Å². The van der Waals surface area contributed by atoms with Gasteiger partial charge in [-0.1, -0.05) is 161 Å². The standard InChI is InChI=1S/C48H39N/c1-47(2)41-23-13-11-20-37(41)39-28-26-34(30-43(39)47)49(35-27-29-40-38-21-12-14-24-42(38)48(3,4)44(40)31-35)45-25-15-22-36(32-16-7-5-8-17-32)46(45)33-18-9-6-10-19-33/h5-31H,1-4H3. The largest absolute Gasteiger partial charge is 0.310 e. The molecule has 0 saturated carbocycles. The van der Waals surface area contributed by atoms with Gasteiger partial charge in [-0.25, -0.2) is 0 Å². The van der Waals surface area contributed by atoms with E-state index in [-0.39, 0.29) is 10.8 Å². The van der Waals surface area contributed by atoms with Crippen molar-refractivity contribution in [1.82, 2.24) is 0 Å². The minimum atomic E-state index is -0.108. The molecule has 2 aliphatic rings. The van der Waals surface area contributed by atoms with E-state index in [2.05, 4.69) is 196 Å². The number of rotatable bonds is 5. The minimum Gasteiger partial charge on any atom is -0.310 e. The van der Waals surface area contributed by atoms with E-state index >= 15 is 0 Å². The molecule has 0 aliphatic heterocycles. The Hall–Kier alpha value is -5.66. The van der Waals surface area contributed by atoms with Crippen molar-refractivity contribution in [2.24, 2.45) is 0 Å². The molecule has 49 heavy (non-hydrogen) atoms. The molecule has 1 heteroatoms. The van der Waals surface area contributed by atoms with E-state index in [0.29, 0.717) is 0 Å². The highest BCUT2D eigenvalue weighted by atomic mass is 15.1. The van der Waals surface area contributed by atoms with Crippen LogP contribution in [-0.2, 0) is 10.8 Å². The molecule has 9 rings (SSSR count). The quantitative estimate of drug-likeness (QED) is 0.183. The normalized spacial score (nSPS) is 14.4. The van der Waals surface area contributed by atoms with Gasteiger partial charge in [0.1, 0.15) is 0 Å². The topological polar surface area (TPSA) is 3.24 Å². The third-order valence-electron chi connectivity index (χ3n) is 11.1. The van der Waals surface area contributed by atoms with Crippen LogP contribution in [0.5, 0.6) is 0 Å². The molecule has 0 N–H and O–H groups in total. The second-order valence-electron chi connectivity index (χ2n) is 14.6. The Balaban J connectivity index is 1.32. The number of nitrogens with zero attached hydrogens (tertiary/aromatic N) is 1. The molecule has 0 unspecified atom stereocenters. The number of anilines is 3. The van der Waals surface area contributed by atoms with Crippen LogP contribution in [0.15, 0.2) is 164 Å². The molecular weight excluding hydrogens is 591 g/mol. The summed E-state index contributed by atoms with van der Waals surface area (Å²) in [6.45, 7) is 9.47. The van der Waals surface area contributed by atoms with Crippen molar-refractivity contribution in [3.05, 3.63) is 186 Å². The summed E-state index contributed by atoms with van der Waals surface area (Å²) in [5, 5.41) is 0. The molecule has 0 fully saturated rings. The first kappa shape index (κ1) is 29.5. The lowest BCUT2D eigenvalue weighted by Crippen LogP contribution is -2.18. The van der Waals surface area contributed by atoms with Gasteiger partial charge in [0.25, 0.3) is 0 Å². The monoisotopic (exact) mass is 629 g/mol. The van der Waals surface area contributed by atoms with Gasteiger partial charge in [0, 0.05) is 27.8 Å². The van der Waals surface area contributed by atoms with Crippen LogP contribution >= 0.6 is 0 Å². The fourth-order valence-corrected chi connectivity index (χ4v) is 8.58. The van der Waals surface area contributed by atoms with E-state index in [1.165, 1.54) is 66.8 Å². The Kier molecular flexibility index (Phi) is 6.58. The maximum absolute atomic E-state index is 2.51. The van der Waals surface area contributed by atoms with E-state index in [1.807, 2.05) is 0 Å². The molecule has 0 saturated heterocycles. The van der Waals surface area contributed by atoms with E-state index < -0.39 is 0 Å². The highest BCUT2D eigenvalue weighted by molar-refractivity contribution is 5.98. The molecule has 2 aliphatic carbocycles. The van der Waals surface area contributed by atoms with Gasteiger partial charge in [-0.2, -0.15) is 0 Å². The number of benzene rings is 7. The molecule has 0 bridgehead atoms. The predicted molar refractivity (Wildman–Crippen MR) is 207 cm³/mol. The average molecular weight is 630 g/mol. The Labute approximate surface area is 290 Å². The van der Waals surface area contributed by atoms with Crippen LogP contribution in [0.1, 0.15) is 49.9 Å².